The largest absolute Gasteiger partial charge is 0.347 e. The minimum absolute atomic E-state index is 0.0607. The van der Waals surface area contributed by atoms with Crippen molar-refractivity contribution in [3.63, 3.8) is 0 Å². The van der Waals surface area contributed by atoms with Gasteiger partial charge in [0.25, 0.3) is 0 Å². The Balaban J connectivity index is 1.33. The van der Waals surface area contributed by atoms with E-state index in [1.165, 1.54) is 0 Å². The maximum Gasteiger partial charge on any atom is 0.230 e. The number of aromatic amines is 1. The molecule has 142 valence electrons. The van der Waals surface area contributed by atoms with Crippen LogP contribution in [0.25, 0.3) is 16.7 Å². The second-order valence-corrected chi connectivity index (χ2v) is 8.50. The Hall–Kier alpha value is -2.72. The Morgan fingerprint density at radius 2 is 2.18 bits per heavy atom. The predicted octanol–water partition coefficient (Wildman–Crippen LogP) is 1.91. The van der Waals surface area contributed by atoms with Crippen LogP contribution >= 0.6 is 15.9 Å². The number of nitrogens with zero attached hydrogens (tertiary/aromatic N) is 6. The van der Waals surface area contributed by atoms with Crippen molar-refractivity contribution in [2.45, 2.75) is 18.5 Å². The first-order valence-electron chi connectivity index (χ1n) is 9.22. The van der Waals surface area contributed by atoms with Crippen LogP contribution in [0.15, 0.2) is 34.9 Å². The summed E-state index contributed by atoms with van der Waals surface area (Å²) in [6, 6.07) is 7.97. The van der Waals surface area contributed by atoms with Gasteiger partial charge in [0.05, 0.1) is 28.2 Å². The van der Waals surface area contributed by atoms with Gasteiger partial charge >= 0.3 is 0 Å². The number of hydrogen-bond acceptors (Lipinski definition) is 7. The molecule has 1 aromatic carbocycles. The van der Waals surface area contributed by atoms with Gasteiger partial charge in [-0.05, 0) is 40.4 Å². The molecule has 4 aromatic rings. The molecule has 6 rings (SSSR count). The first-order chi connectivity index (χ1) is 13.6. The molecule has 0 amide bonds. The molecule has 1 aliphatic carbocycles. The maximum absolute atomic E-state index is 6.36. The predicted molar refractivity (Wildman–Crippen MR) is 109 cm³/mol. The van der Waals surface area contributed by atoms with E-state index in [4.69, 9.17) is 15.7 Å². The van der Waals surface area contributed by atoms with Gasteiger partial charge in [-0.2, -0.15) is 19.6 Å². The molecule has 0 spiro atoms. The minimum atomic E-state index is -0.0607. The van der Waals surface area contributed by atoms with Crippen LogP contribution in [0.5, 0.6) is 0 Å². The summed E-state index contributed by atoms with van der Waals surface area (Å²) in [5.74, 6) is 2.69. The standard InChI is InChI=1S/C18H18BrN9/c19-11-6-22-28-15(11)25-17(27-8-10-5-18(10,20)9-27)26-16(28)21-7-14-23-12-3-1-2-4-13(12)24-14/h1-4,6,10H,5,7-9,20H2,(H,23,24)(H,21,25,26). The fourth-order valence-electron chi connectivity index (χ4n) is 4.03. The van der Waals surface area contributed by atoms with E-state index in [1.54, 1.807) is 10.7 Å². The number of piperidine rings is 1. The number of aromatic nitrogens is 6. The number of rotatable bonds is 4. The van der Waals surface area contributed by atoms with Crippen LogP contribution in [0, 0.1) is 5.92 Å². The van der Waals surface area contributed by atoms with Gasteiger partial charge < -0.3 is 20.9 Å². The van der Waals surface area contributed by atoms with E-state index in [0.29, 0.717) is 24.4 Å². The van der Waals surface area contributed by atoms with E-state index in [1.807, 2.05) is 24.3 Å². The molecule has 2 atom stereocenters. The molecule has 0 radical (unpaired) electrons. The van der Waals surface area contributed by atoms with E-state index in [0.717, 1.165) is 46.5 Å². The van der Waals surface area contributed by atoms with Crippen molar-refractivity contribution in [1.29, 1.82) is 0 Å². The van der Waals surface area contributed by atoms with Crippen LogP contribution in [0.3, 0.4) is 0 Å². The van der Waals surface area contributed by atoms with Crippen LogP contribution in [0.4, 0.5) is 11.9 Å². The van der Waals surface area contributed by atoms with Gasteiger partial charge in [0.1, 0.15) is 5.82 Å². The zero-order valence-corrected chi connectivity index (χ0v) is 16.5. The normalized spacial score (nSPS) is 23.5. The van der Waals surface area contributed by atoms with E-state index < -0.39 is 0 Å². The molecule has 3 aromatic heterocycles. The smallest absolute Gasteiger partial charge is 0.230 e. The highest BCUT2D eigenvalue weighted by Crippen LogP contribution is 2.48. The Bertz CT molecular complexity index is 1180. The van der Waals surface area contributed by atoms with Crippen molar-refractivity contribution >= 4 is 44.5 Å². The van der Waals surface area contributed by atoms with Crippen LogP contribution in [0.2, 0.25) is 0 Å². The average Bonchev–Trinajstić information content (AvgIpc) is 3.06. The van der Waals surface area contributed by atoms with Crippen molar-refractivity contribution in [2.75, 3.05) is 23.3 Å². The van der Waals surface area contributed by atoms with Gasteiger partial charge in [0.15, 0.2) is 5.65 Å². The summed E-state index contributed by atoms with van der Waals surface area (Å²) in [7, 11) is 0. The molecule has 1 aliphatic heterocycles. The minimum Gasteiger partial charge on any atom is -0.347 e. The summed E-state index contributed by atoms with van der Waals surface area (Å²) in [6.45, 7) is 2.20. The van der Waals surface area contributed by atoms with Gasteiger partial charge in [-0.15, -0.1) is 0 Å². The molecule has 4 heterocycles. The number of H-pyrrole nitrogens is 1. The third-order valence-corrected chi connectivity index (χ3v) is 6.21. The Kier molecular flexibility index (Phi) is 3.28. The Morgan fingerprint density at radius 1 is 1.29 bits per heavy atom. The second kappa shape index (κ2) is 5.65. The zero-order valence-electron chi connectivity index (χ0n) is 14.9. The number of anilines is 2. The summed E-state index contributed by atoms with van der Waals surface area (Å²) in [6.07, 6.45) is 2.82. The lowest BCUT2D eigenvalue weighted by Gasteiger charge is -2.20. The number of imidazole rings is 1. The monoisotopic (exact) mass is 439 g/mol. The number of halogens is 1. The lowest BCUT2D eigenvalue weighted by molar-refractivity contribution is 0.691. The highest BCUT2D eigenvalue weighted by molar-refractivity contribution is 9.10. The molecule has 1 saturated carbocycles. The quantitative estimate of drug-likeness (QED) is 0.444. The summed E-state index contributed by atoms with van der Waals surface area (Å²) >= 11 is 3.53. The van der Waals surface area contributed by atoms with Crippen LogP contribution < -0.4 is 16.0 Å². The van der Waals surface area contributed by atoms with Gasteiger partial charge in [0, 0.05) is 18.6 Å². The van der Waals surface area contributed by atoms with Crippen LogP contribution in [0.1, 0.15) is 12.2 Å². The number of nitrogens with two attached hydrogens (primary N) is 1. The molecule has 4 N–H and O–H groups in total. The van der Waals surface area contributed by atoms with Crippen LogP contribution in [-0.2, 0) is 6.54 Å². The van der Waals surface area contributed by atoms with Crippen molar-refractivity contribution in [3.05, 3.63) is 40.8 Å². The van der Waals surface area contributed by atoms with E-state index in [-0.39, 0.29) is 5.54 Å². The second-order valence-electron chi connectivity index (χ2n) is 7.64. The highest BCUT2D eigenvalue weighted by atomic mass is 79.9. The number of para-hydroxylation sites is 2. The molecular formula is C18H18BrN9. The molecule has 2 unspecified atom stereocenters. The summed E-state index contributed by atoms with van der Waals surface area (Å²) in [5.41, 5.74) is 8.98. The van der Waals surface area contributed by atoms with Crippen LogP contribution in [-0.4, -0.2) is 48.2 Å². The fourth-order valence-corrected chi connectivity index (χ4v) is 4.37. The molecule has 9 nitrogen and oxygen atoms in total. The summed E-state index contributed by atoms with van der Waals surface area (Å²) in [4.78, 5) is 19.5. The van der Waals surface area contributed by atoms with Crippen molar-refractivity contribution in [2.24, 2.45) is 11.7 Å². The van der Waals surface area contributed by atoms with Gasteiger partial charge in [-0.25, -0.2) is 4.98 Å². The lowest BCUT2D eigenvalue weighted by atomic mass is 10.3. The van der Waals surface area contributed by atoms with Gasteiger partial charge in [-0.3, -0.25) is 0 Å². The van der Waals surface area contributed by atoms with E-state index in [9.17, 15) is 0 Å². The third kappa shape index (κ3) is 2.48. The number of fused-ring (bicyclic) bond motifs is 3. The molecule has 2 fully saturated rings. The van der Waals surface area contributed by atoms with E-state index in [2.05, 4.69) is 41.2 Å². The summed E-state index contributed by atoms with van der Waals surface area (Å²) in [5, 5.41) is 7.74. The first-order valence-corrected chi connectivity index (χ1v) is 10.0. The lowest BCUT2D eigenvalue weighted by Crippen LogP contribution is -2.34. The van der Waals surface area contributed by atoms with Gasteiger partial charge in [0.2, 0.25) is 11.9 Å². The molecule has 1 saturated heterocycles. The van der Waals surface area contributed by atoms with Gasteiger partial charge in [-0.1, -0.05) is 12.1 Å². The average molecular weight is 440 g/mol. The molecule has 0 bridgehead atoms. The van der Waals surface area contributed by atoms with Crippen molar-refractivity contribution < 1.29 is 0 Å². The zero-order chi connectivity index (χ0) is 18.9. The topological polar surface area (TPSA) is 113 Å². The first kappa shape index (κ1) is 16.3. The van der Waals surface area contributed by atoms with Crippen molar-refractivity contribution in [3.8, 4) is 0 Å². The fraction of sp³-hybridized carbons (Fsp3) is 0.333. The molecule has 10 heteroatoms. The number of benzene rings is 1. The molecule has 2 aliphatic rings. The Labute approximate surface area is 168 Å². The highest BCUT2D eigenvalue weighted by Gasteiger charge is 2.57. The molecular weight excluding hydrogens is 422 g/mol. The van der Waals surface area contributed by atoms with Crippen molar-refractivity contribution in [1.82, 2.24) is 29.5 Å². The third-order valence-electron chi connectivity index (χ3n) is 5.65. The molecule has 28 heavy (non-hydrogen) atoms. The maximum atomic E-state index is 6.36. The number of hydrogen-bond donors (Lipinski definition) is 3. The SMILES string of the molecule is NC12CC1CN(c1nc(NCc3nc4ccccc4[nH]3)n3ncc(Br)c3n1)C2. The Morgan fingerprint density at radius 3 is 3.00 bits per heavy atom. The summed E-state index contributed by atoms with van der Waals surface area (Å²) < 4.78 is 2.53. The number of nitrogens with one attached hydrogen (secondary N) is 2. The van der Waals surface area contributed by atoms with E-state index >= 15 is 0 Å².